The predicted molar refractivity (Wildman–Crippen MR) is 127 cm³/mol. The van der Waals surface area contributed by atoms with E-state index in [4.69, 9.17) is 4.98 Å². The van der Waals surface area contributed by atoms with Crippen LogP contribution < -0.4 is 4.72 Å². The summed E-state index contributed by atoms with van der Waals surface area (Å²) < 4.78 is 29.1. The van der Waals surface area contributed by atoms with Gasteiger partial charge in [-0.3, -0.25) is 4.79 Å². The van der Waals surface area contributed by atoms with Crippen LogP contribution in [-0.2, 0) is 14.8 Å². The summed E-state index contributed by atoms with van der Waals surface area (Å²) in [4.78, 5) is 19.7. The second-order valence-electron chi connectivity index (χ2n) is 7.92. The maximum Gasteiger partial charge on any atom is 0.240 e. The summed E-state index contributed by atoms with van der Waals surface area (Å²) >= 11 is 1.63. The van der Waals surface area contributed by atoms with Gasteiger partial charge in [0.25, 0.3) is 0 Å². The van der Waals surface area contributed by atoms with Crippen LogP contribution in [0.4, 0.5) is 0 Å². The third kappa shape index (κ3) is 4.13. The summed E-state index contributed by atoms with van der Waals surface area (Å²) in [5.41, 5.74) is 0.954. The average molecular weight is 466 g/mol. The van der Waals surface area contributed by atoms with Crippen molar-refractivity contribution in [2.75, 3.05) is 13.1 Å². The first kappa shape index (κ1) is 21.1. The monoisotopic (exact) mass is 465 g/mol. The molecule has 0 aliphatic carbocycles. The number of fused-ring (bicyclic) bond motifs is 2. The molecule has 1 aromatic heterocycles. The van der Waals surface area contributed by atoms with Crippen LogP contribution in [-0.4, -0.2) is 37.3 Å². The molecule has 1 N–H and O–H groups in total. The van der Waals surface area contributed by atoms with Crippen LogP contribution in [0.2, 0.25) is 0 Å². The summed E-state index contributed by atoms with van der Waals surface area (Å²) in [7, 11) is -3.68. The second kappa shape index (κ2) is 8.61. The normalized spacial score (nSPS) is 16.8. The summed E-state index contributed by atoms with van der Waals surface area (Å²) in [6.07, 6.45) is 1.93. The molecule has 1 atom stereocenters. The molecule has 164 valence electrons. The van der Waals surface area contributed by atoms with E-state index >= 15 is 0 Å². The Morgan fingerprint density at radius 2 is 1.84 bits per heavy atom. The minimum atomic E-state index is -3.68. The van der Waals surface area contributed by atoms with Gasteiger partial charge in [-0.15, -0.1) is 11.3 Å². The van der Waals surface area contributed by atoms with Crippen molar-refractivity contribution < 1.29 is 13.2 Å². The maximum atomic E-state index is 12.9. The zero-order valence-corrected chi connectivity index (χ0v) is 19.0. The van der Waals surface area contributed by atoms with Crippen molar-refractivity contribution in [1.29, 1.82) is 0 Å². The molecule has 2 heterocycles. The van der Waals surface area contributed by atoms with Crippen LogP contribution in [0.25, 0.3) is 21.0 Å². The van der Waals surface area contributed by atoms with Crippen LogP contribution >= 0.6 is 11.3 Å². The Morgan fingerprint density at radius 3 is 2.69 bits per heavy atom. The fourth-order valence-electron chi connectivity index (χ4n) is 4.21. The highest BCUT2D eigenvalue weighted by atomic mass is 32.2. The maximum absolute atomic E-state index is 12.9. The van der Waals surface area contributed by atoms with E-state index in [1.54, 1.807) is 29.5 Å². The van der Waals surface area contributed by atoms with E-state index in [0.717, 1.165) is 38.8 Å². The lowest BCUT2D eigenvalue weighted by Gasteiger charge is -2.23. The zero-order chi connectivity index (χ0) is 22.1. The number of hydrogen-bond donors (Lipinski definition) is 1. The van der Waals surface area contributed by atoms with Crippen molar-refractivity contribution in [3.63, 3.8) is 0 Å². The average Bonchev–Trinajstić information content (AvgIpc) is 3.45. The van der Waals surface area contributed by atoms with Crippen LogP contribution in [0.15, 0.2) is 71.6 Å². The van der Waals surface area contributed by atoms with Gasteiger partial charge in [-0.2, -0.15) is 0 Å². The van der Waals surface area contributed by atoms with E-state index in [1.165, 1.54) is 0 Å². The molecule has 0 unspecified atom stereocenters. The number of nitrogens with zero attached hydrogens (tertiary/aromatic N) is 2. The van der Waals surface area contributed by atoms with E-state index in [1.807, 2.05) is 53.4 Å². The molecule has 6 nitrogen and oxygen atoms in total. The number of likely N-dealkylation sites (tertiary alicyclic amines) is 1. The third-order valence-corrected chi connectivity index (χ3v) is 8.43. The molecular formula is C24H23N3O3S2. The third-order valence-electron chi connectivity index (χ3n) is 5.83. The number of carbonyl (C=O) groups is 1. The largest absolute Gasteiger partial charge is 0.333 e. The Labute approximate surface area is 190 Å². The van der Waals surface area contributed by atoms with Gasteiger partial charge in [0.05, 0.1) is 21.2 Å². The molecule has 4 aromatic rings. The smallest absolute Gasteiger partial charge is 0.240 e. The Morgan fingerprint density at radius 1 is 1.06 bits per heavy atom. The number of amides is 1. The Hall–Kier alpha value is -2.81. The first-order chi connectivity index (χ1) is 15.5. The van der Waals surface area contributed by atoms with Gasteiger partial charge in [0, 0.05) is 19.5 Å². The number of sulfonamides is 1. The van der Waals surface area contributed by atoms with E-state index < -0.39 is 10.0 Å². The van der Waals surface area contributed by atoms with Gasteiger partial charge < -0.3 is 4.90 Å². The quantitative estimate of drug-likeness (QED) is 0.455. The highest BCUT2D eigenvalue weighted by Crippen LogP contribution is 2.36. The molecule has 0 spiro atoms. The number of nitrogens with one attached hydrogen (secondary N) is 1. The zero-order valence-electron chi connectivity index (χ0n) is 17.4. The van der Waals surface area contributed by atoms with Gasteiger partial charge in [-0.1, -0.05) is 42.5 Å². The number of hydrogen-bond acceptors (Lipinski definition) is 5. The van der Waals surface area contributed by atoms with Crippen LogP contribution in [0.5, 0.6) is 0 Å². The molecule has 0 bridgehead atoms. The van der Waals surface area contributed by atoms with Gasteiger partial charge >= 0.3 is 0 Å². The van der Waals surface area contributed by atoms with Gasteiger partial charge in [0.1, 0.15) is 5.01 Å². The van der Waals surface area contributed by atoms with E-state index in [2.05, 4.69) is 4.72 Å². The molecule has 5 rings (SSSR count). The Balaban J connectivity index is 1.24. The number of carbonyl (C=O) groups excluding carboxylic acids is 1. The van der Waals surface area contributed by atoms with E-state index in [0.29, 0.717) is 6.54 Å². The number of thiazole rings is 1. The first-order valence-corrected chi connectivity index (χ1v) is 12.9. The Bertz CT molecular complexity index is 1360. The van der Waals surface area contributed by atoms with Crippen LogP contribution in [0.3, 0.4) is 0 Å². The molecule has 1 saturated heterocycles. The van der Waals surface area contributed by atoms with Crippen LogP contribution in [0.1, 0.15) is 30.3 Å². The molecular weight excluding hydrogens is 442 g/mol. The molecule has 32 heavy (non-hydrogen) atoms. The molecule has 1 fully saturated rings. The van der Waals surface area contributed by atoms with Crippen LogP contribution in [0, 0.1) is 0 Å². The minimum absolute atomic E-state index is 0.0306. The van der Waals surface area contributed by atoms with E-state index in [9.17, 15) is 13.2 Å². The van der Waals surface area contributed by atoms with Gasteiger partial charge in [-0.05, 0) is 47.9 Å². The number of para-hydroxylation sites is 1. The molecule has 0 saturated carbocycles. The summed E-state index contributed by atoms with van der Waals surface area (Å²) in [5, 5.41) is 2.80. The van der Waals surface area contributed by atoms with E-state index in [-0.39, 0.29) is 29.8 Å². The van der Waals surface area contributed by atoms with Crippen molar-refractivity contribution >= 4 is 48.3 Å². The lowest BCUT2D eigenvalue weighted by molar-refractivity contribution is -0.131. The summed E-state index contributed by atoms with van der Waals surface area (Å²) in [6.45, 7) is 0.744. The second-order valence-corrected chi connectivity index (χ2v) is 10.8. The molecule has 1 aliphatic heterocycles. The molecule has 8 heteroatoms. The SMILES string of the molecule is O=C(CCNS(=O)(=O)c1ccc2ccccc2c1)N1CCC[C@@H]1c1nc2ccccc2s1. The van der Waals surface area contributed by atoms with Gasteiger partial charge in [0.15, 0.2) is 0 Å². The van der Waals surface area contributed by atoms with Crippen molar-refractivity contribution in [1.82, 2.24) is 14.6 Å². The lowest BCUT2D eigenvalue weighted by Crippen LogP contribution is -2.34. The highest BCUT2D eigenvalue weighted by molar-refractivity contribution is 7.89. The van der Waals surface area contributed by atoms with Crippen molar-refractivity contribution in [3.05, 3.63) is 71.7 Å². The Kier molecular flexibility index (Phi) is 5.67. The number of benzene rings is 3. The summed E-state index contributed by atoms with van der Waals surface area (Å²) in [6, 6.07) is 20.6. The number of aromatic nitrogens is 1. The van der Waals surface area contributed by atoms with Gasteiger partial charge in [-0.25, -0.2) is 18.1 Å². The van der Waals surface area contributed by atoms with Gasteiger partial charge in [0.2, 0.25) is 15.9 Å². The fraction of sp³-hybridized carbons (Fsp3) is 0.250. The number of rotatable bonds is 6. The fourth-order valence-corrected chi connectivity index (χ4v) is 6.39. The predicted octanol–water partition coefficient (Wildman–Crippen LogP) is 4.48. The van der Waals surface area contributed by atoms with Crippen molar-refractivity contribution in [2.45, 2.75) is 30.2 Å². The first-order valence-electron chi connectivity index (χ1n) is 10.6. The van der Waals surface area contributed by atoms with Crippen molar-refractivity contribution in [3.8, 4) is 0 Å². The molecule has 3 aromatic carbocycles. The van der Waals surface area contributed by atoms with Crippen molar-refractivity contribution in [2.24, 2.45) is 0 Å². The molecule has 0 radical (unpaired) electrons. The highest BCUT2D eigenvalue weighted by Gasteiger charge is 2.32. The minimum Gasteiger partial charge on any atom is -0.333 e. The topological polar surface area (TPSA) is 79.4 Å². The summed E-state index contributed by atoms with van der Waals surface area (Å²) in [5.74, 6) is -0.0482. The molecule has 1 amide bonds. The lowest BCUT2D eigenvalue weighted by atomic mass is 10.1. The molecule has 1 aliphatic rings. The standard InChI is InChI=1S/C24H23N3O3S2/c28-23(27-15-5-9-21(27)24-26-20-8-3-4-10-22(20)31-24)13-14-25-32(29,30)19-12-11-17-6-1-2-7-18(17)16-19/h1-4,6-8,10-12,16,21,25H,5,9,13-15H2/t21-/m1/s1.